The summed E-state index contributed by atoms with van der Waals surface area (Å²) in [5.74, 6) is 1.25. The predicted octanol–water partition coefficient (Wildman–Crippen LogP) is 3.84. The van der Waals surface area contributed by atoms with E-state index in [1.165, 1.54) is 11.8 Å². The van der Waals surface area contributed by atoms with Gasteiger partial charge in [-0.1, -0.05) is 29.1 Å². The second kappa shape index (κ2) is 8.91. The fraction of sp³-hybridized carbons (Fsp3) is 0.238. The SMILES string of the molecule is Cc1cc(CSc2ncccc2C(=O)NCCCn2cnc3ccccc32)no1. The summed E-state index contributed by atoms with van der Waals surface area (Å²) in [6, 6.07) is 13.5. The zero-order valence-electron chi connectivity index (χ0n) is 16.0. The molecule has 29 heavy (non-hydrogen) atoms. The molecule has 0 atom stereocenters. The van der Waals surface area contributed by atoms with E-state index in [1.807, 2.05) is 37.5 Å². The molecule has 1 amide bonds. The highest BCUT2D eigenvalue weighted by Crippen LogP contribution is 2.24. The van der Waals surface area contributed by atoms with Crippen molar-refractivity contribution in [2.45, 2.75) is 30.7 Å². The van der Waals surface area contributed by atoms with Gasteiger partial charge in [0.1, 0.15) is 10.8 Å². The number of imidazole rings is 1. The van der Waals surface area contributed by atoms with Crippen molar-refractivity contribution in [3.05, 3.63) is 72.0 Å². The van der Waals surface area contributed by atoms with Crippen LogP contribution in [-0.2, 0) is 12.3 Å². The minimum atomic E-state index is -0.118. The highest BCUT2D eigenvalue weighted by molar-refractivity contribution is 7.98. The van der Waals surface area contributed by atoms with Crippen molar-refractivity contribution in [2.24, 2.45) is 0 Å². The Morgan fingerprint density at radius 3 is 2.97 bits per heavy atom. The van der Waals surface area contributed by atoms with Gasteiger partial charge in [0.05, 0.1) is 28.6 Å². The van der Waals surface area contributed by atoms with Crippen molar-refractivity contribution in [3.8, 4) is 0 Å². The first-order valence-corrected chi connectivity index (χ1v) is 10.4. The maximum atomic E-state index is 12.6. The van der Waals surface area contributed by atoms with Gasteiger partial charge in [0, 0.05) is 31.1 Å². The van der Waals surface area contributed by atoms with Crippen LogP contribution < -0.4 is 5.32 Å². The number of aryl methyl sites for hydroxylation is 2. The molecule has 0 spiro atoms. The summed E-state index contributed by atoms with van der Waals surface area (Å²) in [5.41, 5.74) is 3.49. The molecule has 0 fully saturated rings. The standard InChI is InChI=1S/C21H21N5O2S/c1-15-12-16(25-28-15)13-29-21-17(6-4-9-23-21)20(27)22-10-5-11-26-14-24-18-7-2-3-8-19(18)26/h2-4,6-9,12,14H,5,10-11,13H2,1H3,(H,22,27). The minimum absolute atomic E-state index is 0.118. The molecule has 1 aromatic carbocycles. The lowest BCUT2D eigenvalue weighted by Gasteiger charge is -2.09. The zero-order valence-corrected chi connectivity index (χ0v) is 16.9. The lowest BCUT2D eigenvalue weighted by Crippen LogP contribution is -2.26. The van der Waals surface area contributed by atoms with Crippen LogP contribution >= 0.6 is 11.8 Å². The number of benzene rings is 1. The van der Waals surface area contributed by atoms with Gasteiger partial charge in [-0.2, -0.15) is 0 Å². The summed E-state index contributed by atoms with van der Waals surface area (Å²) in [5, 5.41) is 7.66. The molecule has 0 unspecified atom stereocenters. The fourth-order valence-electron chi connectivity index (χ4n) is 3.04. The van der Waals surface area contributed by atoms with E-state index in [2.05, 4.69) is 31.1 Å². The van der Waals surface area contributed by atoms with Crippen LogP contribution in [0.4, 0.5) is 0 Å². The first kappa shape index (κ1) is 19.2. The van der Waals surface area contributed by atoms with Crippen molar-refractivity contribution < 1.29 is 9.32 Å². The van der Waals surface area contributed by atoms with Crippen molar-refractivity contribution in [1.29, 1.82) is 0 Å². The molecule has 0 aliphatic carbocycles. The number of amides is 1. The number of rotatable bonds is 8. The Morgan fingerprint density at radius 1 is 1.21 bits per heavy atom. The number of para-hydroxylation sites is 2. The van der Waals surface area contributed by atoms with Crippen LogP contribution in [-0.4, -0.2) is 32.1 Å². The number of aromatic nitrogens is 4. The first-order valence-electron chi connectivity index (χ1n) is 9.39. The zero-order chi connectivity index (χ0) is 20.1. The average molecular weight is 407 g/mol. The number of nitrogens with zero attached hydrogens (tertiary/aromatic N) is 4. The fourth-order valence-corrected chi connectivity index (χ4v) is 3.91. The van der Waals surface area contributed by atoms with Crippen LogP contribution in [0.1, 0.15) is 28.2 Å². The van der Waals surface area contributed by atoms with E-state index in [1.54, 1.807) is 18.3 Å². The van der Waals surface area contributed by atoms with Crippen molar-refractivity contribution >= 4 is 28.7 Å². The quantitative estimate of drug-likeness (QED) is 0.353. The number of carbonyl (C=O) groups is 1. The predicted molar refractivity (Wildman–Crippen MR) is 112 cm³/mol. The maximum absolute atomic E-state index is 12.6. The van der Waals surface area contributed by atoms with Gasteiger partial charge < -0.3 is 14.4 Å². The third-order valence-corrected chi connectivity index (χ3v) is 5.48. The molecule has 7 nitrogen and oxygen atoms in total. The number of thioether (sulfide) groups is 1. The number of nitrogens with one attached hydrogen (secondary N) is 1. The Kier molecular flexibility index (Phi) is 5.90. The molecule has 0 saturated carbocycles. The molecule has 0 aliphatic heterocycles. The molecule has 0 aliphatic rings. The number of carbonyl (C=O) groups excluding carboxylic acids is 1. The van der Waals surface area contributed by atoms with Crippen LogP contribution in [0.5, 0.6) is 0 Å². The molecule has 4 aromatic rings. The summed E-state index contributed by atoms with van der Waals surface area (Å²) in [7, 11) is 0. The summed E-state index contributed by atoms with van der Waals surface area (Å²) >= 11 is 1.47. The summed E-state index contributed by atoms with van der Waals surface area (Å²) in [4.78, 5) is 21.4. The molecule has 8 heteroatoms. The van der Waals surface area contributed by atoms with Gasteiger partial charge in [-0.3, -0.25) is 4.79 Å². The monoisotopic (exact) mass is 407 g/mol. The molecule has 0 radical (unpaired) electrons. The molecule has 148 valence electrons. The summed E-state index contributed by atoms with van der Waals surface area (Å²) < 4.78 is 7.19. The van der Waals surface area contributed by atoms with E-state index in [-0.39, 0.29) is 5.91 Å². The minimum Gasteiger partial charge on any atom is -0.361 e. The summed E-state index contributed by atoms with van der Waals surface area (Å²) in [6.07, 6.45) is 4.35. The van der Waals surface area contributed by atoms with Gasteiger partial charge in [0.15, 0.2) is 0 Å². The van der Waals surface area contributed by atoms with Crippen LogP contribution in [0, 0.1) is 6.92 Å². The highest BCUT2D eigenvalue weighted by Gasteiger charge is 2.13. The molecule has 0 saturated heterocycles. The van der Waals surface area contributed by atoms with E-state index in [0.717, 1.165) is 35.5 Å². The third kappa shape index (κ3) is 4.65. The number of fused-ring (bicyclic) bond motifs is 1. The van der Waals surface area contributed by atoms with E-state index in [4.69, 9.17) is 4.52 Å². The van der Waals surface area contributed by atoms with Crippen LogP contribution in [0.25, 0.3) is 11.0 Å². The Hall–Kier alpha value is -3.13. The molecule has 0 bridgehead atoms. The molecular weight excluding hydrogens is 386 g/mol. The first-order chi connectivity index (χ1) is 14.2. The Morgan fingerprint density at radius 2 is 2.10 bits per heavy atom. The van der Waals surface area contributed by atoms with Gasteiger partial charge in [0.25, 0.3) is 5.91 Å². The average Bonchev–Trinajstić information content (AvgIpc) is 3.36. The van der Waals surface area contributed by atoms with E-state index in [9.17, 15) is 4.79 Å². The topological polar surface area (TPSA) is 85.8 Å². The second-order valence-corrected chi connectivity index (χ2v) is 7.57. The van der Waals surface area contributed by atoms with Crippen LogP contribution in [0.15, 0.2) is 64.5 Å². The van der Waals surface area contributed by atoms with Crippen molar-refractivity contribution in [2.75, 3.05) is 6.54 Å². The molecule has 1 N–H and O–H groups in total. The Bertz CT molecular complexity index is 1120. The Labute approximate surface area is 172 Å². The van der Waals surface area contributed by atoms with Gasteiger partial charge in [-0.25, -0.2) is 9.97 Å². The molecule has 3 heterocycles. The smallest absolute Gasteiger partial charge is 0.254 e. The van der Waals surface area contributed by atoms with E-state index < -0.39 is 0 Å². The molecular formula is C21H21N5O2S. The van der Waals surface area contributed by atoms with Gasteiger partial charge >= 0.3 is 0 Å². The lowest BCUT2D eigenvalue weighted by atomic mass is 10.2. The Balaban J connectivity index is 1.31. The molecule has 3 aromatic heterocycles. The largest absolute Gasteiger partial charge is 0.361 e. The van der Waals surface area contributed by atoms with Crippen molar-refractivity contribution in [3.63, 3.8) is 0 Å². The molecule has 4 rings (SSSR count). The van der Waals surface area contributed by atoms with E-state index >= 15 is 0 Å². The van der Waals surface area contributed by atoms with Crippen molar-refractivity contribution in [1.82, 2.24) is 25.0 Å². The van der Waals surface area contributed by atoms with Gasteiger partial charge in [0.2, 0.25) is 0 Å². The second-order valence-electron chi connectivity index (χ2n) is 6.61. The highest BCUT2D eigenvalue weighted by atomic mass is 32.2. The van der Waals surface area contributed by atoms with E-state index in [0.29, 0.717) is 22.9 Å². The number of hydrogen-bond acceptors (Lipinski definition) is 6. The number of pyridine rings is 1. The number of hydrogen-bond donors (Lipinski definition) is 1. The lowest BCUT2D eigenvalue weighted by molar-refractivity contribution is 0.0949. The third-order valence-electron chi connectivity index (χ3n) is 4.44. The normalized spacial score (nSPS) is 11.1. The maximum Gasteiger partial charge on any atom is 0.254 e. The van der Waals surface area contributed by atoms with Gasteiger partial charge in [-0.05, 0) is 37.6 Å². The summed E-state index contributed by atoms with van der Waals surface area (Å²) in [6.45, 7) is 3.22. The van der Waals surface area contributed by atoms with Crippen LogP contribution in [0.2, 0.25) is 0 Å². The van der Waals surface area contributed by atoms with Crippen LogP contribution in [0.3, 0.4) is 0 Å². The van der Waals surface area contributed by atoms with Gasteiger partial charge in [-0.15, -0.1) is 0 Å².